The molecular formula is C10H11NOS. The summed E-state index contributed by atoms with van der Waals surface area (Å²) in [6.07, 6.45) is 0. The maximum absolute atomic E-state index is 5.30. The van der Waals surface area contributed by atoms with Gasteiger partial charge < -0.3 is 4.74 Å². The van der Waals surface area contributed by atoms with Crippen LogP contribution in [0.3, 0.4) is 0 Å². The highest BCUT2D eigenvalue weighted by molar-refractivity contribution is 7.18. The van der Waals surface area contributed by atoms with Crippen molar-refractivity contribution in [2.24, 2.45) is 0 Å². The lowest BCUT2D eigenvalue weighted by molar-refractivity contribution is 0.134. The third kappa shape index (κ3) is 1.87. The van der Waals surface area contributed by atoms with Crippen molar-refractivity contribution in [2.75, 3.05) is 6.61 Å². The normalized spacial score (nSPS) is 10.8. The molecule has 1 aromatic carbocycles. The van der Waals surface area contributed by atoms with Gasteiger partial charge in [-0.3, -0.25) is 0 Å². The first-order valence-electron chi connectivity index (χ1n) is 4.32. The van der Waals surface area contributed by atoms with Crippen molar-refractivity contribution in [1.29, 1.82) is 0 Å². The van der Waals surface area contributed by atoms with Gasteiger partial charge >= 0.3 is 0 Å². The average molecular weight is 193 g/mol. The molecule has 0 aliphatic rings. The van der Waals surface area contributed by atoms with Gasteiger partial charge in [-0.2, -0.15) is 0 Å². The van der Waals surface area contributed by atoms with Crippen LogP contribution in [-0.4, -0.2) is 11.6 Å². The van der Waals surface area contributed by atoms with Crippen LogP contribution in [0.4, 0.5) is 0 Å². The second-order valence-corrected chi connectivity index (χ2v) is 3.83. The summed E-state index contributed by atoms with van der Waals surface area (Å²) < 4.78 is 6.53. The maximum Gasteiger partial charge on any atom is 0.120 e. The molecule has 0 spiro atoms. The topological polar surface area (TPSA) is 22.1 Å². The summed E-state index contributed by atoms with van der Waals surface area (Å²) in [5.41, 5.74) is 1.07. The van der Waals surface area contributed by atoms with Gasteiger partial charge in [0.15, 0.2) is 0 Å². The number of aromatic nitrogens is 1. The Morgan fingerprint density at radius 2 is 2.23 bits per heavy atom. The van der Waals surface area contributed by atoms with E-state index in [-0.39, 0.29) is 0 Å². The number of thiazole rings is 1. The van der Waals surface area contributed by atoms with Gasteiger partial charge in [-0.25, -0.2) is 4.98 Å². The minimum atomic E-state index is 0.635. The summed E-state index contributed by atoms with van der Waals surface area (Å²) in [7, 11) is 0. The molecule has 0 saturated heterocycles. The first-order chi connectivity index (χ1) is 6.40. The summed E-state index contributed by atoms with van der Waals surface area (Å²) in [4.78, 5) is 4.44. The Hall–Kier alpha value is -0.930. The highest BCUT2D eigenvalue weighted by Crippen LogP contribution is 2.21. The second-order valence-electron chi connectivity index (χ2n) is 2.71. The molecule has 0 atom stereocenters. The van der Waals surface area contributed by atoms with Gasteiger partial charge in [0.1, 0.15) is 5.01 Å². The molecule has 1 heterocycles. The summed E-state index contributed by atoms with van der Waals surface area (Å²) in [5, 5.41) is 1.06. The van der Waals surface area contributed by atoms with Crippen molar-refractivity contribution in [1.82, 2.24) is 4.98 Å². The molecule has 68 valence electrons. The second kappa shape index (κ2) is 3.85. The van der Waals surface area contributed by atoms with Gasteiger partial charge in [-0.1, -0.05) is 12.1 Å². The predicted molar refractivity (Wildman–Crippen MR) is 55.0 cm³/mol. The van der Waals surface area contributed by atoms with Crippen LogP contribution in [0.1, 0.15) is 11.9 Å². The lowest BCUT2D eigenvalue weighted by atomic mass is 10.3. The largest absolute Gasteiger partial charge is 0.375 e. The summed E-state index contributed by atoms with van der Waals surface area (Å²) >= 11 is 1.70. The fourth-order valence-corrected chi connectivity index (χ4v) is 2.08. The van der Waals surface area contributed by atoms with Crippen molar-refractivity contribution in [2.45, 2.75) is 13.5 Å². The Labute approximate surface area is 81.2 Å². The zero-order valence-corrected chi connectivity index (χ0v) is 8.30. The molecular weight excluding hydrogens is 182 g/mol. The van der Waals surface area contributed by atoms with Crippen LogP contribution in [0.2, 0.25) is 0 Å². The first kappa shape index (κ1) is 8.66. The minimum Gasteiger partial charge on any atom is -0.375 e. The fourth-order valence-electron chi connectivity index (χ4n) is 1.17. The van der Waals surface area contributed by atoms with E-state index in [2.05, 4.69) is 11.1 Å². The van der Waals surface area contributed by atoms with Crippen molar-refractivity contribution in [3.05, 3.63) is 29.3 Å². The number of ether oxygens (including phenoxy) is 1. The van der Waals surface area contributed by atoms with Crippen molar-refractivity contribution in [3.8, 4) is 0 Å². The Balaban J connectivity index is 2.28. The molecule has 0 fully saturated rings. The lowest BCUT2D eigenvalue weighted by Crippen LogP contribution is -1.89. The number of hydrogen-bond donors (Lipinski definition) is 0. The third-order valence-electron chi connectivity index (χ3n) is 1.77. The Morgan fingerprint density at radius 3 is 3.00 bits per heavy atom. The molecule has 2 aromatic rings. The van der Waals surface area contributed by atoms with Gasteiger partial charge in [-0.05, 0) is 19.1 Å². The molecule has 0 amide bonds. The van der Waals surface area contributed by atoms with E-state index in [0.717, 1.165) is 17.1 Å². The molecule has 1 aromatic heterocycles. The zero-order valence-electron chi connectivity index (χ0n) is 7.49. The van der Waals surface area contributed by atoms with E-state index in [1.165, 1.54) is 4.70 Å². The Bertz CT molecular complexity index is 363. The van der Waals surface area contributed by atoms with Gasteiger partial charge in [0, 0.05) is 6.61 Å². The molecule has 2 rings (SSSR count). The van der Waals surface area contributed by atoms with Crippen LogP contribution in [-0.2, 0) is 11.3 Å². The van der Waals surface area contributed by atoms with Crippen LogP contribution >= 0.6 is 11.3 Å². The van der Waals surface area contributed by atoms with E-state index in [0.29, 0.717) is 6.61 Å². The van der Waals surface area contributed by atoms with E-state index in [9.17, 15) is 0 Å². The van der Waals surface area contributed by atoms with E-state index < -0.39 is 0 Å². The minimum absolute atomic E-state index is 0.635. The van der Waals surface area contributed by atoms with E-state index in [4.69, 9.17) is 4.74 Å². The predicted octanol–water partition coefficient (Wildman–Crippen LogP) is 2.83. The molecule has 0 bridgehead atoms. The van der Waals surface area contributed by atoms with Crippen molar-refractivity contribution < 1.29 is 4.74 Å². The molecule has 0 N–H and O–H groups in total. The van der Waals surface area contributed by atoms with Gasteiger partial charge in [0.25, 0.3) is 0 Å². The van der Waals surface area contributed by atoms with E-state index >= 15 is 0 Å². The van der Waals surface area contributed by atoms with Gasteiger partial charge in [0.2, 0.25) is 0 Å². The maximum atomic E-state index is 5.30. The standard InChI is InChI=1S/C10H11NOS/c1-2-12-7-10-11-8-5-3-4-6-9(8)13-10/h3-6H,2,7H2,1H3. The molecule has 13 heavy (non-hydrogen) atoms. The smallest absolute Gasteiger partial charge is 0.120 e. The van der Waals surface area contributed by atoms with Crippen LogP contribution in [0.5, 0.6) is 0 Å². The van der Waals surface area contributed by atoms with Crippen molar-refractivity contribution in [3.63, 3.8) is 0 Å². The summed E-state index contributed by atoms with van der Waals surface area (Å²) in [5.74, 6) is 0. The Morgan fingerprint density at radius 1 is 1.38 bits per heavy atom. The highest BCUT2D eigenvalue weighted by atomic mass is 32.1. The molecule has 0 saturated carbocycles. The average Bonchev–Trinajstić information content (AvgIpc) is 2.57. The van der Waals surface area contributed by atoms with Crippen LogP contribution in [0.15, 0.2) is 24.3 Å². The molecule has 2 nitrogen and oxygen atoms in total. The monoisotopic (exact) mass is 193 g/mol. The fraction of sp³-hybridized carbons (Fsp3) is 0.300. The van der Waals surface area contributed by atoms with Gasteiger partial charge in [0.05, 0.1) is 16.8 Å². The number of hydrogen-bond acceptors (Lipinski definition) is 3. The van der Waals surface area contributed by atoms with E-state index in [1.807, 2.05) is 25.1 Å². The number of nitrogens with zero attached hydrogens (tertiary/aromatic N) is 1. The highest BCUT2D eigenvalue weighted by Gasteiger charge is 2.01. The van der Waals surface area contributed by atoms with Crippen molar-refractivity contribution >= 4 is 21.6 Å². The molecule has 0 aliphatic carbocycles. The van der Waals surface area contributed by atoms with Crippen LogP contribution in [0.25, 0.3) is 10.2 Å². The number of benzene rings is 1. The van der Waals surface area contributed by atoms with Crippen LogP contribution in [0, 0.1) is 0 Å². The molecule has 0 aliphatic heterocycles. The lowest BCUT2D eigenvalue weighted by Gasteiger charge is -1.93. The molecule has 0 radical (unpaired) electrons. The number of rotatable bonds is 3. The summed E-state index contributed by atoms with van der Waals surface area (Å²) in [6.45, 7) is 3.37. The number of fused-ring (bicyclic) bond motifs is 1. The quantitative estimate of drug-likeness (QED) is 0.747. The third-order valence-corrected chi connectivity index (χ3v) is 2.78. The molecule has 3 heteroatoms. The zero-order chi connectivity index (χ0) is 9.10. The summed E-state index contributed by atoms with van der Waals surface area (Å²) in [6, 6.07) is 8.15. The van der Waals surface area contributed by atoms with Gasteiger partial charge in [-0.15, -0.1) is 11.3 Å². The first-order valence-corrected chi connectivity index (χ1v) is 5.14. The van der Waals surface area contributed by atoms with E-state index in [1.54, 1.807) is 11.3 Å². The Kier molecular flexibility index (Phi) is 2.57. The molecule has 0 unspecified atom stereocenters. The SMILES string of the molecule is CCOCc1nc2ccccc2s1. The van der Waals surface area contributed by atoms with Crippen LogP contribution < -0.4 is 0 Å². The number of para-hydroxylation sites is 1.